The number of nitrogens with zero attached hydrogens (tertiary/aromatic N) is 2. The van der Waals surface area contributed by atoms with Gasteiger partial charge in [-0.1, -0.05) is 38.1 Å². The molecule has 0 bridgehead atoms. The zero-order valence-electron chi connectivity index (χ0n) is 13.1. The normalized spacial score (nSPS) is 12.9. The third kappa shape index (κ3) is 3.55. The van der Waals surface area contributed by atoms with Crippen LogP contribution in [-0.4, -0.2) is 14.9 Å². The van der Waals surface area contributed by atoms with E-state index in [0.29, 0.717) is 12.3 Å². The van der Waals surface area contributed by atoms with Crippen LogP contribution in [0.5, 0.6) is 0 Å². The maximum atomic E-state index is 10.5. The van der Waals surface area contributed by atoms with Gasteiger partial charge in [0.15, 0.2) is 0 Å². The van der Waals surface area contributed by atoms with Crippen LogP contribution in [0.3, 0.4) is 0 Å². The standard InChI is InChI=1S/C17H23BrN2O/c1-5-20-15(17(18)12(4)19-20)10-16(21)14-8-6-13(7-9-14)11(2)3/h6-9,11,16,21H,5,10H2,1-4H3. The molecule has 0 aliphatic rings. The number of rotatable bonds is 5. The molecule has 0 saturated heterocycles. The van der Waals surface area contributed by atoms with Gasteiger partial charge >= 0.3 is 0 Å². The van der Waals surface area contributed by atoms with Crippen molar-refractivity contribution in [1.82, 2.24) is 9.78 Å². The van der Waals surface area contributed by atoms with E-state index >= 15 is 0 Å². The van der Waals surface area contributed by atoms with Gasteiger partial charge in [-0.05, 0) is 46.8 Å². The molecule has 0 radical (unpaired) electrons. The summed E-state index contributed by atoms with van der Waals surface area (Å²) in [6.45, 7) is 9.19. The lowest BCUT2D eigenvalue weighted by atomic mass is 9.98. The number of aromatic nitrogens is 2. The summed E-state index contributed by atoms with van der Waals surface area (Å²) in [6, 6.07) is 8.24. The summed E-state index contributed by atoms with van der Waals surface area (Å²) in [5, 5.41) is 15.0. The van der Waals surface area contributed by atoms with Gasteiger partial charge in [0.1, 0.15) is 0 Å². The first-order valence-corrected chi connectivity index (χ1v) is 8.23. The number of hydrogen-bond acceptors (Lipinski definition) is 2. The SMILES string of the molecule is CCn1nc(C)c(Br)c1CC(O)c1ccc(C(C)C)cc1. The van der Waals surface area contributed by atoms with Gasteiger partial charge in [0.25, 0.3) is 0 Å². The van der Waals surface area contributed by atoms with Crippen molar-refractivity contribution in [2.45, 2.75) is 52.7 Å². The van der Waals surface area contributed by atoms with Crippen molar-refractivity contribution in [3.8, 4) is 0 Å². The number of aryl methyl sites for hydroxylation is 2. The van der Waals surface area contributed by atoms with Crippen molar-refractivity contribution >= 4 is 15.9 Å². The van der Waals surface area contributed by atoms with Crippen molar-refractivity contribution in [2.24, 2.45) is 0 Å². The first-order valence-electron chi connectivity index (χ1n) is 7.43. The molecule has 0 saturated carbocycles. The molecule has 1 aromatic carbocycles. The van der Waals surface area contributed by atoms with E-state index in [-0.39, 0.29) is 0 Å². The summed E-state index contributed by atoms with van der Waals surface area (Å²) in [7, 11) is 0. The first-order chi connectivity index (χ1) is 9.93. The molecule has 1 unspecified atom stereocenters. The van der Waals surface area contributed by atoms with E-state index in [1.54, 1.807) is 0 Å². The molecule has 2 rings (SSSR count). The predicted octanol–water partition coefficient (Wildman–Crippen LogP) is 4.37. The second-order valence-corrected chi connectivity index (χ2v) is 6.50. The van der Waals surface area contributed by atoms with E-state index in [4.69, 9.17) is 0 Å². The monoisotopic (exact) mass is 350 g/mol. The van der Waals surface area contributed by atoms with Gasteiger partial charge in [0.05, 0.1) is 22.0 Å². The molecular formula is C17H23BrN2O. The molecule has 114 valence electrons. The summed E-state index contributed by atoms with van der Waals surface area (Å²) in [5.74, 6) is 0.509. The Balaban J connectivity index is 2.19. The zero-order valence-corrected chi connectivity index (χ0v) is 14.7. The fourth-order valence-electron chi connectivity index (χ4n) is 2.47. The van der Waals surface area contributed by atoms with Gasteiger partial charge in [-0.25, -0.2) is 0 Å². The lowest BCUT2D eigenvalue weighted by Crippen LogP contribution is -2.09. The van der Waals surface area contributed by atoms with Gasteiger partial charge < -0.3 is 5.11 Å². The highest BCUT2D eigenvalue weighted by Gasteiger charge is 2.17. The first kappa shape index (κ1) is 16.2. The van der Waals surface area contributed by atoms with E-state index in [0.717, 1.165) is 28.0 Å². The second kappa shape index (κ2) is 6.75. The fourth-order valence-corrected chi connectivity index (χ4v) is 2.91. The maximum absolute atomic E-state index is 10.5. The molecule has 1 aromatic heterocycles. The third-order valence-electron chi connectivity index (χ3n) is 3.83. The van der Waals surface area contributed by atoms with E-state index in [2.05, 4.69) is 53.9 Å². The van der Waals surface area contributed by atoms with Gasteiger partial charge in [0, 0.05) is 13.0 Å². The number of halogens is 1. The summed E-state index contributed by atoms with van der Waals surface area (Å²) >= 11 is 3.58. The van der Waals surface area contributed by atoms with Gasteiger partial charge in [-0.2, -0.15) is 5.10 Å². The van der Waals surface area contributed by atoms with Crippen molar-refractivity contribution in [3.05, 3.63) is 51.3 Å². The van der Waals surface area contributed by atoms with Crippen LogP contribution in [0, 0.1) is 6.92 Å². The van der Waals surface area contributed by atoms with E-state index in [9.17, 15) is 5.11 Å². The molecule has 1 heterocycles. The summed E-state index contributed by atoms with van der Waals surface area (Å²) in [5.41, 5.74) is 4.26. The number of aliphatic hydroxyl groups excluding tert-OH is 1. The van der Waals surface area contributed by atoms with Crippen LogP contribution < -0.4 is 0 Å². The average molecular weight is 351 g/mol. The molecule has 1 atom stereocenters. The minimum absolute atomic E-state index is 0.509. The highest BCUT2D eigenvalue weighted by Crippen LogP contribution is 2.27. The van der Waals surface area contributed by atoms with Crippen LogP contribution in [0.15, 0.2) is 28.7 Å². The van der Waals surface area contributed by atoms with Crippen LogP contribution in [-0.2, 0) is 13.0 Å². The van der Waals surface area contributed by atoms with Crippen molar-refractivity contribution in [3.63, 3.8) is 0 Å². The largest absolute Gasteiger partial charge is 0.388 e. The number of benzene rings is 1. The molecule has 0 fully saturated rings. The van der Waals surface area contributed by atoms with Gasteiger partial charge in [-0.3, -0.25) is 4.68 Å². The Morgan fingerprint density at radius 3 is 2.29 bits per heavy atom. The lowest BCUT2D eigenvalue weighted by molar-refractivity contribution is 0.175. The Hall–Kier alpha value is -1.13. The third-order valence-corrected chi connectivity index (χ3v) is 4.86. The molecule has 21 heavy (non-hydrogen) atoms. The Morgan fingerprint density at radius 1 is 1.19 bits per heavy atom. The minimum atomic E-state index is -0.510. The van der Waals surface area contributed by atoms with E-state index in [1.165, 1.54) is 5.56 Å². The Labute approximate surface area is 135 Å². The molecule has 1 N–H and O–H groups in total. The van der Waals surface area contributed by atoms with Gasteiger partial charge in [0.2, 0.25) is 0 Å². The Morgan fingerprint density at radius 2 is 1.76 bits per heavy atom. The molecule has 0 aliphatic heterocycles. The topological polar surface area (TPSA) is 38.0 Å². The molecule has 0 aliphatic carbocycles. The fraction of sp³-hybridized carbons (Fsp3) is 0.471. The van der Waals surface area contributed by atoms with Crippen molar-refractivity contribution in [1.29, 1.82) is 0 Å². The van der Waals surface area contributed by atoms with Gasteiger partial charge in [-0.15, -0.1) is 0 Å². The highest BCUT2D eigenvalue weighted by molar-refractivity contribution is 9.10. The second-order valence-electron chi connectivity index (χ2n) is 5.70. The van der Waals surface area contributed by atoms with Crippen molar-refractivity contribution < 1.29 is 5.11 Å². The minimum Gasteiger partial charge on any atom is -0.388 e. The van der Waals surface area contributed by atoms with Crippen molar-refractivity contribution in [2.75, 3.05) is 0 Å². The molecule has 3 nitrogen and oxygen atoms in total. The highest BCUT2D eigenvalue weighted by atomic mass is 79.9. The summed E-state index contributed by atoms with van der Waals surface area (Å²) in [4.78, 5) is 0. The number of aliphatic hydroxyl groups is 1. The van der Waals surface area contributed by atoms with E-state index < -0.39 is 6.10 Å². The predicted molar refractivity (Wildman–Crippen MR) is 89.5 cm³/mol. The molecule has 0 spiro atoms. The van der Waals surface area contributed by atoms with Crippen LogP contribution >= 0.6 is 15.9 Å². The zero-order chi connectivity index (χ0) is 15.6. The molecule has 2 aromatic rings. The lowest BCUT2D eigenvalue weighted by Gasteiger charge is -2.14. The van der Waals surface area contributed by atoms with Crippen LogP contribution in [0.4, 0.5) is 0 Å². The summed E-state index contributed by atoms with van der Waals surface area (Å²) in [6.07, 6.45) is 0.0555. The molecule has 0 amide bonds. The van der Waals surface area contributed by atoms with E-state index in [1.807, 2.05) is 23.7 Å². The Bertz CT molecular complexity index is 602. The quantitative estimate of drug-likeness (QED) is 0.869. The Kier molecular flexibility index (Phi) is 5.22. The molecule has 4 heteroatoms. The summed E-state index contributed by atoms with van der Waals surface area (Å²) < 4.78 is 2.95. The number of hydrogen-bond donors (Lipinski definition) is 1. The average Bonchev–Trinajstić information content (AvgIpc) is 2.75. The van der Waals surface area contributed by atoms with Crippen LogP contribution in [0.2, 0.25) is 0 Å². The van der Waals surface area contributed by atoms with Crippen LogP contribution in [0.1, 0.15) is 55.3 Å². The van der Waals surface area contributed by atoms with Crippen LogP contribution in [0.25, 0.3) is 0 Å². The molecular weight excluding hydrogens is 328 g/mol. The maximum Gasteiger partial charge on any atom is 0.0845 e. The smallest absolute Gasteiger partial charge is 0.0845 e.